The third kappa shape index (κ3) is 2.75. The Balaban J connectivity index is 2.34. The molecule has 2 N–H and O–H groups in total. The Bertz CT molecular complexity index is 564. The molecule has 0 fully saturated rings. The zero-order valence-corrected chi connectivity index (χ0v) is 8.95. The highest BCUT2D eigenvalue weighted by molar-refractivity contribution is 5.77. The van der Waals surface area contributed by atoms with E-state index < -0.39 is 0 Å². The van der Waals surface area contributed by atoms with Gasteiger partial charge < -0.3 is 15.4 Å². The minimum atomic E-state index is 0.0349. The van der Waals surface area contributed by atoms with Crippen molar-refractivity contribution in [2.45, 2.75) is 0 Å². The van der Waals surface area contributed by atoms with Crippen LogP contribution in [-0.2, 0) is 0 Å². The van der Waals surface area contributed by atoms with Crippen LogP contribution in [0.1, 0.15) is 5.56 Å². The Morgan fingerprint density at radius 3 is 2.24 bits per heavy atom. The lowest BCUT2D eigenvalue weighted by Gasteiger charge is -2.03. The van der Waals surface area contributed by atoms with E-state index in [0.717, 1.165) is 0 Å². The molecule has 0 amide bonds. The first-order chi connectivity index (χ1) is 8.15. The predicted octanol–water partition coefficient (Wildman–Crippen LogP) is 2.36. The molecule has 0 saturated heterocycles. The molecular weight excluding hydrogens is 218 g/mol. The van der Waals surface area contributed by atoms with Crippen LogP contribution in [0.5, 0.6) is 11.5 Å². The van der Waals surface area contributed by atoms with Crippen molar-refractivity contribution >= 4 is 11.9 Å². The summed E-state index contributed by atoms with van der Waals surface area (Å²) >= 11 is 0. The van der Waals surface area contributed by atoms with Crippen molar-refractivity contribution in [2.75, 3.05) is 0 Å². The highest BCUT2D eigenvalue weighted by Crippen LogP contribution is 2.18. The minimum absolute atomic E-state index is 0.0349. The third-order valence-corrected chi connectivity index (χ3v) is 2.22. The fourth-order valence-corrected chi connectivity index (χ4v) is 1.45. The molecule has 0 aliphatic rings. The molecule has 0 saturated carbocycles. The fraction of sp³-hybridized carbons (Fsp3) is 0. The van der Waals surface area contributed by atoms with Crippen LogP contribution in [-0.4, -0.2) is 21.2 Å². The van der Waals surface area contributed by atoms with E-state index in [2.05, 4.69) is 0 Å². The summed E-state index contributed by atoms with van der Waals surface area (Å²) in [7, 11) is 0. The Labute approximate surface area is 98.3 Å². The maximum absolute atomic E-state index is 11.7. The number of aromatic hydroxyl groups is 2. The Kier molecular flexibility index (Phi) is 2.96. The van der Waals surface area contributed by atoms with Gasteiger partial charge in [-0.15, -0.1) is 0 Å². The molecule has 0 bridgehead atoms. The van der Waals surface area contributed by atoms with E-state index in [1.165, 1.54) is 30.5 Å². The van der Waals surface area contributed by atoms with Crippen molar-refractivity contribution in [2.24, 2.45) is 0 Å². The molecule has 0 unspecified atom stereocenters. The Morgan fingerprint density at radius 1 is 0.941 bits per heavy atom. The van der Waals surface area contributed by atoms with Gasteiger partial charge in [0.25, 0.3) is 0 Å². The molecule has 17 heavy (non-hydrogen) atoms. The molecule has 0 aliphatic carbocycles. The van der Waals surface area contributed by atoms with Crippen LogP contribution in [0.2, 0.25) is 0 Å². The van der Waals surface area contributed by atoms with Gasteiger partial charge in [-0.05, 0) is 24.3 Å². The summed E-state index contributed by atoms with van der Waals surface area (Å²) in [5.74, 6) is 0.135. The predicted molar refractivity (Wildman–Crippen MR) is 64.7 cm³/mol. The minimum Gasteiger partial charge on any atom is -0.618 e. The first-order valence-electron chi connectivity index (χ1n) is 5.04. The number of phenols is 2. The van der Waals surface area contributed by atoms with Crippen molar-refractivity contribution in [1.29, 1.82) is 0 Å². The number of rotatable bonds is 2. The Morgan fingerprint density at radius 2 is 1.59 bits per heavy atom. The Hall–Kier alpha value is -2.49. The lowest BCUT2D eigenvalue weighted by molar-refractivity contribution is -0.354. The van der Waals surface area contributed by atoms with Gasteiger partial charge in [0.15, 0.2) is 6.21 Å². The summed E-state index contributed by atoms with van der Waals surface area (Å²) in [5, 5.41) is 30.3. The van der Waals surface area contributed by atoms with Gasteiger partial charge in [-0.1, -0.05) is 12.1 Å². The van der Waals surface area contributed by atoms with Gasteiger partial charge in [0.2, 0.25) is 5.69 Å². The van der Waals surface area contributed by atoms with Crippen LogP contribution < -0.4 is 0 Å². The summed E-state index contributed by atoms with van der Waals surface area (Å²) in [4.78, 5) is 0. The van der Waals surface area contributed by atoms with Crippen molar-refractivity contribution in [3.05, 3.63) is 59.3 Å². The van der Waals surface area contributed by atoms with Crippen LogP contribution >= 0.6 is 0 Å². The maximum Gasteiger partial charge on any atom is 0.220 e. The summed E-state index contributed by atoms with van der Waals surface area (Å²) < 4.78 is 0.633. The number of phenolic OH excluding ortho intramolecular Hbond substituents is 2. The quantitative estimate of drug-likeness (QED) is 0.359. The molecule has 0 aliphatic heterocycles. The van der Waals surface area contributed by atoms with Gasteiger partial charge in [-0.3, -0.25) is 0 Å². The molecule has 2 rings (SSSR count). The van der Waals surface area contributed by atoms with Gasteiger partial charge >= 0.3 is 0 Å². The van der Waals surface area contributed by atoms with Crippen LogP contribution in [0, 0.1) is 5.21 Å². The SMILES string of the molecule is [O-][N+](=Cc1cccc(O)c1)c1cccc(O)c1. The molecular formula is C13H11NO3. The lowest BCUT2D eigenvalue weighted by atomic mass is 10.2. The van der Waals surface area contributed by atoms with Crippen molar-refractivity contribution in [3.63, 3.8) is 0 Å². The second kappa shape index (κ2) is 4.57. The smallest absolute Gasteiger partial charge is 0.220 e. The average Bonchev–Trinajstić information content (AvgIpc) is 2.29. The first kappa shape index (κ1) is 11.0. The standard InChI is InChI=1S/C13H11NO3/c15-12-5-1-3-10(7-12)9-14(17)11-4-2-6-13(16)8-11/h1-9,15-16H. The van der Waals surface area contributed by atoms with Crippen LogP contribution in [0.25, 0.3) is 0 Å². The number of benzene rings is 2. The zero-order chi connectivity index (χ0) is 12.3. The summed E-state index contributed by atoms with van der Waals surface area (Å²) in [5.41, 5.74) is 0.914. The van der Waals surface area contributed by atoms with E-state index in [4.69, 9.17) is 0 Å². The van der Waals surface area contributed by atoms with Gasteiger partial charge in [0.05, 0.1) is 6.07 Å². The van der Waals surface area contributed by atoms with Gasteiger partial charge in [0.1, 0.15) is 11.5 Å². The molecule has 0 spiro atoms. The summed E-state index contributed by atoms with van der Waals surface area (Å²) in [6.07, 6.45) is 1.33. The van der Waals surface area contributed by atoms with Crippen molar-refractivity contribution in [1.82, 2.24) is 0 Å². The fourth-order valence-electron chi connectivity index (χ4n) is 1.45. The third-order valence-electron chi connectivity index (χ3n) is 2.22. The monoisotopic (exact) mass is 229 g/mol. The van der Waals surface area contributed by atoms with Crippen LogP contribution in [0.4, 0.5) is 5.69 Å². The summed E-state index contributed by atoms with van der Waals surface area (Å²) in [6, 6.07) is 12.4. The number of nitrogens with zero attached hydrogens (tertiary/aromatic N) is 1. The number of hydrogen-bond donors (Lipinski definition) is 2. The van der Waals surface area contributed by atoms with Gasteiger partial charge in [0, 0.05) is 11.6 Å². The van der Waals surface area contributed by atoms with E-state index >= 15 is 0 Å². The van der Waals surface area contributed by atoms with E-state index in [0.29, 0.717) is 16.0 Å². The van der Waals surface area contributed by atoms with Crippen LogP contribution in [0.3, 0.4) is 0 Å². The van der Waals surface area contributed by atoms with Crippen LogP contribution in [0.15, 0.2) is 48.5 Å². The molecule has 4 heteroatoms. The molecule has 86 valence electrons. The molecule has 0 atom stereocenters. The average molecular weight is 229 g/mol. The van der Waals surface area contributed by atoms with E-state index in [1.54, 1.807) is 24.3 Å². The molecule has 0 aromatic heterocycles. The maximum atomic E-state index is 11.7. The van der Waals surface area contributed by atoms with Crippen molar-refractivity contribution < 1.29 is 15.0 Å². The van der Waals surface area contributed by atoms with E-state index in [9.17, 15) is 15.4 Å². The molecule has 4 nitrogen and oxygen atoms in total. The first-order valence-corrected chi connectivity index (χ1v) is 5.04. The summed E-state index contributed by atoms with van der Waals surface area (Å²) in [6.45, 7) is 0. The van der Waals surface area contributed by atoms with Gasteiger partial charge in [-0.2, -0.15) is 4.74 Å². The molecule has 2 aromatic rings. The topological polar surface area (TPSA) is 66.5 Å². The second-order valence-corrected chi connectivity index (χ2v) is 3.57. The molecule has 2 aromatic carbocycles. The highest BCUT2D eigenvalue weighted by atomic mass is 16.5. The highest BCUT2D eigenvalue weighted by Gasteiger charge is 2.03. The largest absolute Gasteiger partial charge is 0.618 e. The normalized spacial score (nSPS) is 11.4. The van der Waals surface area contributed by atoms with E-state index in [-0.39, 0.29) is 11.5 Å². The molecule has 0 heterocycles. The van der Waals surface area contributed by atoms with Gasteiger partial charge in [-0.25, -0.2) is 0 Å². The molecule has 0 radical (unpaired) electrons. The lowest BCUT2D eigenvalue weighted by Crippen LogP contribution is -1.98. The van der Waals surface area contributed by atoms with E-state index in [1.807, 2.05) is 0 Å². The zero-order valence-electron chi connectivity index (χ0n) is 8.95. The number of hydrogen-bond acceptors (Lipinski definition) is 3. The van der Waals surface area contributed by atoms with Crippen molar-refractivity contribution in [3.8, 4) is 11.5 Å². The second-order valence-electron chi connectivity index (χ2n) is 3.57.